The number of rotatable bonds is 5. The zero-order valence-corrected chi connectivity index (χ0v) is 9.91. The molecule has 0 atom stereocenters. The van der Waals surface area contributed by atoms with Gasteiger partial charge in [-0.2, -0.15) is 0 Å². The fraction of sp³-hybridized carbons (Fsp3) is 0.250. The summed E-state index contributed by atoms with van der Waals surface area (Å²) in [6.07, 6.45) is 3.70. The molecule has 2 rings (SSSR count). The van der Waals surface area contributed by atoms with Crippen molar-refractivity contribution < 1.29 is 4.79 Å². The molecule has 1 heterocycles. The molecule has 1 aromatic heterocycles. The number of nitrogen functional groups attached to an aromatic ring is 1. The molecule has 0 aliphatic rings. The average Bonchev–Trinajstić information content (AvgIpc) is 2.82. The van der Waals surface area contributed by atoms with Gasteiger partial charge >= 0.3 is 0 Å². The Morgan fingerprint density at radius 1 is 1.44 bits per heavy atom. The summed E-state index contributed by atoms with van der Waals surface area (Å²) >= 11 is 0. The number of carbonyl (C=O) groups excluding carboxylic acids is 1. The van der Waals surface area contributed by atoms with Crippen molar-refractivity contribution >= 4 is 11.6 Å². The molecule has 0 bridgehead atoms. The van der Waals surface area contributed by atoms with Gasteiger partial charge in [-0.1, -0.05) is 17.3 Å². The predicted octanol–water partition coefficient (Wildman–Crippen LogP) is 0.219. The Morgan fingerprint density at radius 3 is 3.06 bits per heavy atom. The summed E-state index contributed by atoms with van der Waals surface area (Å²) in [5.74, 6) is -0.0271. The molecule has 1 aromatic carbocycles. The highest BCUT2D eigenvalue weighted by Gasteiger charge is 2.03. The van der Waals surface area contributed by atoms with Gasteiger partial charge in [-0.15, -0.1) is 5.10 Å². The molecule has 6 heteroatoms. The molecule has 0 saturated heterocycles. The molecule has 0 aliphatic heterocycles. The minimum absolute atomic E-state index is 0.0271. The number of carbonyl (C=O) groups is 1. The number of anilines is 1. The van der Waals surface area contributed by atoms with Crippen LogP contribution in [0.25, 0.3) is 0 Å². The first-order chi connectivity index (χ1) is 8.74. The van der Waals surface area contributed by atoms with E-state index in [4.69, 9.17) is 5.73 Å². The zero-order valence-electron chi connectivity index (χ0n) is 9.91. The van der Waals surface area contributed by atoms with E-state index in [1.54, 1.807) is 29.2 Å². The number of nitrogens with one attached hydrogen (secondary N) is 1. The number of aromatic nitrogens is 3. The third-order valence-corrected chi connectivity index (χ3v) is 2.45. The Hall–Kier alpha value is -2.37. The summed E-state index contributed by atoms with van der Waals surface area (Å²) in [5, 5.41) is 10.3. The van der Waals surface area contributed by atoms with Gasteiger partial charge in [0.15, 0.2) is 0 Å². The Balaban J connectivity index is 1.75. The minimum Gasteiger partial charge on any atom is -0.399 e. The van der Waals surface area contributed by atoms with E-state index in [1.165, 1.54) is 0 Å². The predicted molar refractivity (Wildman–Crippen MR) is 67.6 cm³/mol. The lowest BCUT2D eigenvalue weighted by atomic mass is 10.1. The van der Waals surface area contributed by atoms with Gasteiger partial charge < -0.3 is 11.1 Å². The maximum Gasteiger partial charge on any atom is 0.224 e. The highest BCUT2D eigenvalue weighted by atomic mass is 16.1. The lowest BCUT2D eigenvalue weighted by Gasteiger charge is -2.05. The fourth-order valence-corrected chi connectivity index (χ4v) is 1.61. The maximum atomic E-state index is 11.7. The number of nitrogens with zero attached hydrogens (tertiary/aromatic N) is 3. The Morgan fingerprint density at radius 2 is 2.33 bits per heavy atom. The Labute approximate surface area is 105 Å². The highest BCUT2D eigenvalue weighted by molar-refractivity contribution is 5.78. The van der Waals surface area contributed by atoms with Gasteiger partial charge in [0.05, 0.1) is 19.2 Å². The SMILES string of the molecule is Nc1cccc(CC(=O)NCCn2ccnn2)c1. The van der Waals surface area contributed by atoms with Crippen LogP contribution in [-0.2, 0) is 17.8 Å². The number of nitrogens with two attached hydrogens (primary N) is 1. The molecule has 0 aliphatic carbocycles. The van der Waals surface area contributed by atoms with Crippen molar-refractivity contribution in [2.24, 2.45) is 0 Å². The first-order valence-electron chi connectivity index (χ1n) is 5.69. The first kappa shape index (κ1) is 12.1. The number of amides is 1. The molecule has 18 heavy (non-hydrogen) atoms. The van der Waals surface area contributed by atoms with Crippen LogP contribution in [0.5, 0.6) is 0 Å². The van der Waals surface area contributed by atoms with Gasteiger partial charge in [0.25, 0.3) is 0 Å². The number of benzene rings is 1. The molecule has 94 valence electrons. The summed E-state index contributed by atoms with van der Waals surface area (Å²) < 4.78 is 1.67. The lowest BCUT2D eigenvalue weighted by Crippen LogP contribution is -2.28. The zero-order chi connectivity index (χ0) is 12.8. The van der Waals surface area contributed by atoms with Gasteiger partial charge in [0.1, 0.15) is 0 Å². The maximum absolute atomic E-state index is 11.7. The lowest BCUT2D eigenvalue weighted by molar-refractivity contribution is -0.120. The van der Waals surface area contributed by atoms with E-state index in [0.29, 0.717) is 25.2 Å². The van der Waals surface area contributed by atoms with Crippen molar-refractivity contribution in [1.82, 2.24) is 20.3 Å². The van der Waals surface area contributed by atoms with Gasteiger partial charge in [-0.25, -0.2) is 0 Å². The van der Waals surface area contributed by atoms with Crippen molar-refractivity contribution in [2.75, 3.05) is 12.3 Å². The molecule has 2 aromatic rings. The Bertz CT molecular complexity index is 509. The van der Waals surface area contributed by atoms with Crippen LogP contribution in [0.2, 0.25) is 0 Å². The number of hydrogen-bond donors (Lipinski definition) is 2. The molecule has 1 amide bonds. The van der Waals surface area contributed by atoms with Crippen LogP contribution in [0, 0.1) is 0 Å². The summed E-state index contributed by atoms with van der Waals surface area (Å²) in [6, 6.07) is 7.32. The fourth-order valence-electron chi connectivity index (χ4n) is 1.61. The average molecular weight is 245 g/mol. The molecular weight excluding hydrogens is 230 g/mol. The van der Waals surface area contributed by atoms with E-state index >= 15 is 0 Å². The van der Waals surface area contributed by atoms with E-state index in [2.05, 4.69) is 15.6 Å². The Kier molecular flexibility index (Phi) is 3.90. The third-order valence-electron chi connectivity index (χ3n) is 2.45. The normalized spacial score (nSPS) is 10.2. The van der Waals surface area contributed by atoms with Crippen molar-refractivity contribution in [1.29, 1.82) is 0 Å². The van der Waals surface area contributed by atoms with E-state index < -0.39 is 0 Å². The quantitative estimate of drug-likeness (QED) is 0.738. The first-order valence-corrected chi connectivity index (χ1v) is 5.69. The molecular formula is C12H15N5O. The highest BCUT2D eigenvalue weighted by Crippen LogP contribution is 2.06. The van der Waals surface area contributed by atoms with Crippen LogP contribution in [0.4, 0.5) is 5.69 Å². The molecule has 3 N–H and O–H groups in total. The van der Waals surface area contributed by atoms with E-state index in [0.717, 1.165) is 5.56 Å². The molecule has 0 radical (unpaired) electrons. The van der Waals surface area contributed by atoms with Crippen molar-refractivity contribution in [3.05, 3.63) is 42.2 Å². The van der Waals surface area contributed by atoms with E-state index in [-0.39, 0.29) is 5.91 Å². The molecule has 6 nitrogen and oxygen atoms in total. The van der Waals surface area contributed by atoms with Gasteiger partial charge in [-0.05, 0) is 17.7 Å². The number of hydrogen-bond acceptors (Lipinski definition) is 4. The second kappa shape index (κ2) is 5.81. The summed E-state index contributed by atoms with van der Waals surface area (Å²) in [4.78, 5) is 11.7. The van der Waals surface area contributed by atoms with Crippen LogP contribution in [0.3, 0.4) is 0 Å². The topological polar surface area (TPSA) is 85.8 Å². The molecule has 0 saturated carbocycles. The van der Waals surface area contributed by atoms with Crippen molar-refractivity contribution in [2.45, 2.75) is 13.0 Å². The van der Waals surface area contributed by atoms with Gasteiger partial charge in [0.2, 0.25) is 5.91 Å². The van der Waals surface area contributed by atoms with Crippen molar-refractivity contribution in [3.8, 4) is 0 Å². The van der Waals surface area contributed by atoms with Crippen molar-refractivity contribution in [3.63, 3.8) is 0 Å². The van der Waals surface area contributed by atoms with Gasteiger partial charge in [-0.3, -0.25) is 9.48 Å². The summed E-state index contributed by atoms with van der Waals surface area (Å²) in [5.41, 5.74) is 7.23. The smallest absolute Gasteiger partial charge is 0.224 e. The third kappa shape index (κ3) is 3.58. The molecule has 0 spiro atoms. The summed E-state index contributed by atoms with van der Waals surface area (Å²) in [7, 11) is 0. The van der Waals surface area contributed by atoms with Crippen LogP contribution in [-0.4, -0.2) is 27.4 Å². The second-order valence-electron chi connectivity index (χ2n) is 3.94. The van der Waals surface area contributed by atoms with Gasteiger partial charge in [0, 0.05) is 18.4 Å². The standard InChI is InChI=1S/C12H15N5O/c13-11-3-1-2-10(8-11)9-12(18)14-4-6-17-7-5-15-16-17/h1-3,5,7-8H,4,6,9,13H2,(H,14,18). The van der Waals surface area contributed by atoms with Crippen LogP contribution >= 0.6 is 0 Å². The second-order valence-corrected chi connectivity index (χ2v) is 3.94. The molecule has 0 fully saturated rings. The van der Waals surface area contributed by atoms with E-state index in [9.17, 15) is 4.79 Å². The van der Waals surface area contributed by atoms with Crippen LogP contribution in [0.1, 0.15) is 5.56 Å². The van der Waals surface area contributed by atoms with Crippen LogP contribution in [0.15, 0.2) is 36.7 Å². The minimum atomic E-state index is -0.0271. The monoisotopic (exact) mass is 245 g/mol. The summed E-state index contributed by atoms with van der Waals surface area (Å²) in [6.45, 7) is 1.15. The van der Waals surface area contributed by atoms with Crippen LogP contribution < -0.4 is 11.1 Å². The molecule has 0 unspecified atom stereocenters. The van der Waals surface area contributed by atoms with E-state index in [1.807, 2.05) is 12.1 Å². The largest absolute Gasteiger partial charge is 0.399 e.